The first kappa shape index (κ1) is 19.7. The SMILES string of the molecule is COc1cccc(CN2C(=O)CCCCC2C(=O)NC2CCS(=O)(=O)C2)c1. The molecule has 1 aromatic carbocycles. The summed E-state index contributed by atoms with van der Waals surface area (Å²) >= 11 is 0. The van der Waals surface area contributed by atoms with Crippen molar-refractivity contribution >= 4 is 21.7 Å². The molecular weight excluding hydrogens is 368 g/mol. The first-order valence-corrected chi connectivity index (χ1v) is 11.1. The number of nitrogens with one attached hydrogen (secondary N) is 1. The van der Waals surface area contributed by atoms with E-state index < -0.39 is 15.9 Å². The van der Waals surface area contributed by atoms with Crippen LogP contribution < -0.4 is 10.1 Å². The number of hydrogen-bond donors (Lipinski definition) is 1. The van der Waals surface area contributed by atoms with Crippen molar-refractivity contribution in [3.63, 3.8) is 0 Å². The Balaban J connectivity index is 1.75. The van der Waals surface area contributed by atoms with Gasteiger partial charge in [-0.2, -0.15) is 0 Å². The van der Waals surface area contributed by atoms with Crippen LogP contribution in [0.5, 0.6) is 5.75 Å². The van der Waals surface area contributed by atoms with Crippen LogP contribution in [0.25, 0.3) is 0 Å². The van der Waals surface area contributed by atoms with Crippen LogP contribution in [-0.4, -0.2) is 55.8 Å². The highest BCUT2D eigenvalue weighted by Gasteiger charge is 2.35. The fourth-order valence-corrected chi connectivity index (χ4v) is 5.41. The Morgan fingerprint density at radius 1 is 1.30 bits per heavy atom. The average molecular weight is 394 g/mol. The Bertz CT molecular complexity index is 808. The Hall–Kier alpha value is -2.09. The topological polar surface area (TPSA) is 92.8 Å². The molecule has 8 heteroatoms. The molecule has 148 valence electrons. The number of likely N-dealkylation sites (tertiary alicyclic amines) is 1. The molecular formula is C19H26N2O5S. The minimum atomic E-state index is -3.07. The van der Waals surface area contributed by atoms with Crippen LogP contribution in [0.1, 0.15) is 37.7 Å². The van der Waals surface area contributed by atoms with Gasteiger partial charge in [-0.15, -0.1) is 0 Å². The summed E-state index contributed by atoms with van der Waals surface area (Å²) in [7, 11) is -1.48. The molecule has 2 saturated heterocycles. The second-order valence-corrected chi connectivity index (χ2v) is 9.47. The van der Waals surface area contributed by atoms with Crippen LogP contribution in [0.3, 0.4) is 0 Å². The van der Waals surface area contributed by atoms with Gasteiger partial charge in [0.2, 0.25) is 11.8 Å². The molecule has 0 aromatic heterocycles. The smallest absolute Gasteiger partial charge is 0.243 e. The van der Waals surface area contributed by atoms with E-state index in [0.29, 0.717) is 31.6 Å². The van der Waals surface area contributed by atoms with Crippen LogP contribution in [0.2, 0.25) is 0 Å². The molecule has 7 nitrogen and oxygen atoms in total. The number of carbonyl (C=O) groups is 2. The van der Waals surface area contributed by atoms with Crippen LogP contribution in [0, 0.1) is 0 Å². The summed E-state index contributed by atoms with van der Waals surface area (Å²) in [5, 5.41) is 2.85. The number of sulfone groups is 1. The first-order chi connectivity index (χ1) is 12.9. The van der Waals surface area contributed by atoms with E-state index in [1.165, 1.54) is 0 Å². The Kier molecular flexibility index (Phi) is 6.04. The summed E-state index contributed by atoms with van der Waals surface area (Å²) in [5.41, 5.74) is 0.894. The van der Waals surface area contributed by atoms with E-state index >= 15 is 0 Å². The molecule has 0 bridgehead atoms. The maximum absolute atomic E-state index is 12.9. The van der Waals surface area contributed by atoms with Crippen molar-refractivity contribution in [2.75, 3.05) is 18.6 Å². The molecule has 27 heavy (non-hydrogen) atoms. The molecule has 2 amide bonds. The zero-order valence-corrected chi connectivity index (χ0v) is 16.3. The molecule has 0 aliphatic carbocycles. The highest BCUT2D eigenvalue weighted by Crippen LogP contribution is 2.23. The van der Waals surface area contributed by atoms with Crippen LogP contribution in [-0.2, 0) is 26.0 Å². The molecule has 0 radical (unpaired) electrons. The predicted octanol–water partition coefficient (Wildman–Crippen LogP) is 1.27. The van der Waals surface area contributed by atoms with E-state index in [-0.39, 0.29) is 29.4 Å². The number of hydrogen-bond acceptors (Lipinski definition) is 5. The van der Waals surface area contributed by atoms with Crippen LogP contribution in [0.4, 0.5) is 0 Å². The van der Waals surface area contributed by atoms with Crippen molar-refractivity contribution in [1.82, 2.24) is 10.2 Å². The number of amides is 2. The highest BCUT2D eigenvalue weighted by molar-refractivity contribution is 7.91. The summed E-state index contributed by atoms with van der Waals surface area (Å²) in [6.07, 6.45) is 2.99. The van der Waals surface area contributed by atoms with Crippen molar-refractivity contribution < 1.29 is 22.7 Å². The Morgan fingerprint density at radius 2 is 2.11 bits per heavy atom. The van der Waals surface area contributed by atoms with E-state index in [0.717, 1.165) is 18.4 Å². The van der Waals surface area contributed by atoms with Gasteiger partial charge in [0.25, 0.3) is 0 Å². The molecule has 2 unspecified atom stereocenters. The monoisotopic (exact) mass is 394 g/mol. The quantitative estimate of drug-likeness (QED) is 0.812. The highest BCUT2D eigenvalue weighted by atomic mass is 32.2. The minimum absolute atomic E-state index is 0.0186. The van der Waals surface area contributed by atoms with Crippen molar-refractivity contribution in [3.05, 3.63) is 29.8 Å². The van der Waals surface area contributed by atoms with Crippen molar-refractivity contribution in [1.29, 1.82) is 0 Å². The zero-order chi connectivity index (χ0) is 19.4. The summed E-state index contributed by atoms with van der Waals surface area (Å²) in [4.78, 5) is 27.1. The Morgan fingerprint density at radius 3 is 2.81 bits per heavy atom. The van der Waals surface area contributed by atoms with Gasteiger partial charge in [-0.3, -0.25) is 9.59 Å². The average Bonchev–Trinajstić information content (AvgIpc) is 2.87. The fourth-order valence-electron chi connectivity index (χ4n) is 3.73. The minimum Gasteiger partial charge on any atom is -0.497 e. The number of ether oxygens (including phenoxy) is 1. The van der Waals surface area contributed by atoms with Gasteiger partial charge in [0, 0.05) is 19.0 Å². The standard InChI is InChI=1S/C19H26N2O5S/c1-26-16-6-4-5-14(11-16)12-21-17(7-2-3-8-18(21)22)19(23)20-15-9-10-27(24,25)13-15/h4-6,11,15,17H,2-3,7-10,12-13H2,1H3,(H,20,23). The van der Waals surface area contributed by atoms with Gasteiger partial charge in [-0.1, -0.05) is 18.6 Å². The second-order valence-electron chi connectivity index (χ2n) is 7.24. The lowest BCUT2D eigenvalue weighted by atomic mass is 10.1. The van der Waals surface area contributed by atoms with Crippen LogP contribution in [0.15, 0.2) is 24.3 Å². The molecule has 1 N–H and O–H groups in total. The summed E-state index contributed by atoms with van der Waals surface area (Å²) in [6.45, 7) is 0.330. The third kappa shape index (κ3) is 5.00. The molecule has 2 heterocycles. The van der Waals surface area contributed by atoms with E-state index in [1.807, 2.05) is 24.3 Å². The summed E-state index contributed by atoms with van der Waals surface area (Å²) < 4.78 is 28.5. The van der Waals surface area contributed by atoms with Gasteiger partial charge in [0.1, 0.15) is 11.8 Å². The molecule has 2 fully saturated rings. The van der Waals surface area contributed by atoms with Crippen molar-refractivity contribution in [2.45, 2.75) is 50.7 Å². The lowest BCUT2D eigenvalue weighted by Gasteiger charge is -2.30. The maximum Gasteiger partial charge on any atom is 0.243 e. The van der Waals surface area contributed by atoms with Gasteiger partial charge in [-0.05, 0) is 37.0 Å². The zero-order valence-electron chi connectivity index (χ0n) is 15.5. The summed E-state index contributed by atoms with van der Waals surface area (Å²) in [5.74, 6) is 0.487. The number of carbonyl (C=O) groups excluding carboxylic acids is 2. The third-order valence-electron chi connectivity index (χ3n) is 5.18. The number of nitrogens with zero attached hydrogens (tertiary/aromatic N) is 1. The maximum atomic E-state index is 12.9. The summed E-state index contributed by atoms with van der Waals surface area (Å²) in [6, 6.07) is 6.51. The van der Waals surface area contributed by atoms with E-state index in [9.17, 15) is 18.0 Å². The van der Waals surface area contributed by atoms with Gasteiger partial charge in [0.15, 0.2) is 9.84 Å². The lowest BCUT2D eigenvalue weighted by Crippen LogP contribution is -2.51. The normalized spacial score (nSPS) is 25.1. The third-order valence-corrected chi connectivity index (χ3v) is 6.95. The molecule has 0 spiro atoms. The van der Waals surface area contributed by atoms with Crippen molar-refractivity contribution in [3.8, 4) is 5.75 Å². The van der Waals surface area contributed by atoms with Gasteiger partial charge >= 0.3 is 0 Å². The first-order valence-electron chi connectivity index (χ1n) is 9.31. The van der Waals surface area contributed by atoms with Gasteiger partial charge in [-0.25, -0.2) is 8.42 Å². The number of methoxy groups -OCH3 is 1. The molecule has 0 saturated carbocycles. The van der Waals surface area contributed by atoms with E-state index in [1.54, 1.807) is 12.0 Å². The molecule has 3 rings (SSSR count). The van der Waals surface area contributed by atoms with Gasteiger partial charge < -0.3 is 15.0 Å². The number of benzene rings is 1. The molecule has 2 aliphatic heterocycles. The van der Waals surface area contributed by atoms with Crippen LogP contribution >= 0.6 is 0 Å². The fraction of sp³-hybridized carbons (Fsp3) is 0.579. The van der Waals surface area contributed by atoms with Crippen molar-refractivity contribution in [2.24, 2.45) is 0 Å². The number of rotatable bonds is 5. The lowest BCUT2D eigenvalue weighted by molar-refractivity contribution is -0.140. The second kappa shape index (κ2) is 8.29. The largest absolute Gasteiger partial charge is 0.497 e. The predicted molar refractivity (Wildman–Crippen MR) is 101 cm³/mol. The van der Waals surface area contributed by atoms with E-state index in [4.69, 9.17) is 4.74 Å². The molecule has 1 aromatic rings. The Labute approximate surface area is 160 Å². The van der Waals surface area contributed by atoms with Gasteiger partial charge in [0.05, 0.1) is 18.6 Å². The molecule has 2 atom stereocenters. The van der Waals surface area contributed by atoms with E-state index in [2.05, 4.69) is 5.32 Å². The molecule has 2 aliphatic rings.